The molecule has 0 aromatic heterocycles. The summed E-state index contributed by atoms with van der Waals surface area (Å²) in [7, 11) is -6.32. The van der Waals surface area contributed by atoms with Gasteiger partial charge in [-0.3, -0.25) is 18.9 Å². The number of fused-ring (bicyclic) bond motifs is 2. The number of aliphatic imine (C=N–C) groups is 1. The molecule has 4 N–H and O–H groups in total. The molecule has 8 aromatic carbocycles. The van der Waals surface area contributed by atoms with Crippen LogP contribution in [0.15, 0.2) is 169 Å². The summed E-state index contributed by atoms with van der Waals surface area (Å²) in [5.74, 6) is -1.71. The number of carbonyl (C=O) groups is 1. The number of nitrogens with one attached hydrogen (secondary N) is 1. The van der Waals surface area contributed by atoms with E-state index in [-0.39, 0.29) is 110 Å². The van der Waals surface area contributed by atoms with E-state index in [0.29, 0.717) is 38.7 Å². The number of rotatable bonds is 12. The molecule has 368 valence electrons. The molecular weight excluding hydrogens is 1150 g/mol. The van der Waals surface area contributed by atoms with Gasteiger partial charge in [-0.1, -0.05) is 102 Å². The van der Waals surface area contributed by atoms with Gasteiger partial charge in [-0.05, 0) is 108 Å². The molecule has 0 aliphatic rings. The van der Waals surface area contributed by atoms with Gasteiger partial charge < -0.3 is 30.1 Å². The number of para-hydroxylation sites is 4. The smallest absolute Gasteiger partial charge is 0.871 e. The van der Waals surface area contributed by atoms with Gasteiger partial charge in [0, 0.05) is 10.8 Å². The Morgan fingerprint density at radius 3 is 1.59 bits per heavy atom. The molecule has 0 radical (unpaired) electrons. The zero-order valence-electron chi connectivity index (χ0n) is 38.7. The van der Waals surface area contributed by atoms with Crippen molar-refractivity contribution in [3.05, 3.63) is 166 Å². The van der Waals surface area contributed by atoms with E-state index in [4.69, 9.17) is 32.7 Å². The van der Waals surface area contributed by atoms with Gasteiger partial charge in [-0.25, -0.2) is 0 Å². The van der Waals surface area contributed by atoms with Crippen LogP contribution in [0, 0.1) is 13.8 Å². The number of ether oxygens (including phenoxy) is 2. The first kappa shape index (κ1) is 55.9. The van der Waals surface area contributed by atoms with Crippen molar-refractivity contribution < 1.29 is 55.5 Å². The van der Waals surface area contributed by atoms with Gasteiger partial charge in [-0.15, -0.1) is 5.11 Å². The number of hydrogen-bond donors (Lipinski definition) is 4. The third-order valence-corrected chi connectivity index (χ3v) is 13.7. The number of azo groups is 2. The van der Waals surface area contributed by atoms with Gasteiger partial charge in [0.1, 0.15) is 32.7 Å². The first-order valence-corrected chi connectivity index (χ1v) is 24.5. The molecule has 0 saturated carbocycles. The molecule has 0 aliphatic heterocycles. The maximum atomic E-state index is 13.3. The molecule has 23 heteroatoms. The van der Waals surface area contributed by atoms with E-state index in [1.54, 1.807) is 97.1 Å². The van der Waals surface area contributed by atoms with Gasteiger partial charge in [0.15, 0.2) is 5.75 Å². The Kier molecular flexibility index (Phi) is 18.1. The van der Waals surface area contributed by atoms with Crippen molar-refractivity contribution in [3.63, 3.8) is 0 Å². The molecule has 0 aliphatic carbocycles. The number of amides is 1. The van der Waals surface area contributed by atoms with Crippen LogP contribution in [0.1, 0.15) is 27.0 Å². The second-order valence-electron chi connectivity index (χ2n) is 15.3. The number of hydrogen-bond acceptors (Lipinski definition) is 15. The molecule has 8 aromatic rings. The van der Waals surface area contributed by atoms with Crippen molar-refractivity contribution in [3.8, 4) is 23.0 Å². The average molecular weight is 1190 g/mol. The van der Waals surface area contributed by atoms with Crippen molar-refractivity contribution in [1.82, 2.24) is 0 Å². The SMILES string of the molecule is COc1ccccc1N=C([O-])c1cc2ccccc2c(N=Nc2ccc(Cl)c(S(=O)(=O)O)c2C)c1[O-].COc1ccccc1NC(=O)c1cc2ccccc2c(N=Nc2ccc(Cl)c(S(=O)(=O)O)c2C)c1O.[Ba+2]. The van der Waals surface area contributed by atoms with E-state index in [1.165, 1.54) is 64.5 Å². The van der Waals surface area contributed by atoms with E-state index in [2.05, 4.69) is 30.8 Å². The van der Waals surface area contributed by atoms with Gasteiger partial charge in [-0.2, -0.15) is 32.2 Å². The fourth-order valence-corrected chi connectivity index (χ4v) is 9.95. The summed E-state index contributed by atoms with van der Waals surface area (Å²) in [6.07, 6.45) is 0. The number of phenolic OH excluding ortho intramolecular Hbond substituents is 1. The van der Waals surface area contributed by atoms with Crippen LogP contribution < -0.4 is 25.0 Å². The third-order valence-electron chi connectivity index (χ3n) is 10.8. The molecular formula is C50H38BaCl2N6O12S2. The quantitative estimate of drug-likeness (QED) is 0.0292. The Labute approximate surface area is 468 Å². The zero-order valence-corrected chi connectivity index (χ0v) is 46.3. The van der Waals surface area contributed by atoms with Crippen LogP contribution in [0.25, 0.3) is 21.5 Å². The van der Waals surface area contributed by atoms with Crippen LogP contribution in [0.2, 0.25) is 10.0 Å². The van der Waals surface area contributed by atoms with Crippen molar-refractivity contribution in [2.75, 3.05) is 19.5 Å². The van der Waals surface area contributed by atoms with Crippen molar-refractivity contribution in [2.24, 2.45) is 25.4 Å². The Bertz CT molecular complexity index is 3790. The minimum atomic E-state index is -4.63. The predicted molar refractivity (Wildman–Crippen MR) is 275 cm³/mol. The molecule has 0 atom stereocenters. The summed E-state index contributed by atoms with van der Waals surface area (Å²) in [6.45, 7) is 2.81. The summed E-state index contributed by atoms with van der Waals surface area (Å²) in [6, 6.07) is 35.5. The Hall–Kier alpha value is -6.41. The molecule has 0 unspecified atom stereocenters. The van der Waals surface area contributed by atoms with E-state index >= 15 is 0 Å². The standard InChI is InChI=1S/2C25H20ClN3O6S.Ba/c2*1-14-19(12-11-18(26)24(14)36(32,33)34)28-29-22-16-8-4-3-7-15(16)13-17(23(22)30)25(31)27-20-9-5-6-10-21(20)35-2;/h2*3-13,30H,1-2H3,(H,27,31)(H,32,33,34);/q;;+2/p-2. The monoisotopic (exact) mass is 1190 g/mol. The van der Waals surface area contributed by atoms with E-state index in [9.17, 15) is 46.1 Å². The minimum absolute atomic E-state index is 0. The fourth-order valence-electron chi connectivity index (χ4n) is 7.34. The number of phenols is 1. The molecule has 18 nitrogen and oxygen atoms in total. The minimum Gasteiger partial charge on any atom is -0.871 e. The molecule has 0 spiro atoms. The van der Waals surface area contributed by atoms with Crippen LogP contribution in [0.4, 0.5) is 34.1 Å². The topological polar surface area (TPSA) is 284 Å². The summed E-state index contributed by atoms with van der Waals surface area (Å²) in [5.41, 5.74) is 0.540. The predicted octanol–water partition coefficient (Wildman–Crippen LogP) is 11.0. The fraction of sp³-hybridized carbons (Fsp3) is 0.0800. The van der Waals surface area contributed by atoms with Crippen molar-refractivity contribution in [1.29, 1.82) is 0 Å². The molecule has 1 amide bonds. The van der Waals surface area contributed by atoms with Gasteiger partial charge >= 0.3 is 48.9 Å². The summed E-state index contributed by atoms with van der Waals surface area (Å²) >= 11 is 11.9. The maximum absolute atomic E-state index is 13.3. The second kappa shape index (κ2) is 23.6. The van der Waals surface area contributed by atoms with E-state index in [0.717, 1.165) is 0 Å². The number of halogens is 2. The zero-order chi connectivity index (χ0) is 52.1. The molecule has 0 saturated heterocycles. The van der Waals surface area contributed by atoms with Crippen LogP contribution >= 0.6 is 23.2 Å². The van der Waals surface area contributed by atoms with Gasteiger partial charge in [0.25, 0.3) is 26.1 Å². The third kappa shape index (κ3) is 12.5. The van der Waals surface area contributed by atoms with Crippen LogP contribution in [0.3, 0.4) is 0 Å². The van der Waals surface area contributed by atoms with E-state index in [1.807, 2.05) is 0 Å². The van der Waals surface area contributed by atoms with Gasteiger partial charge in [0.2, 0.25) is 0 Å². The van der Waals surface area contributed by atoms with Crippen molar-refractivity contribution in [2.45, 2.75) is 23.6 Å². The van der Waals surface area contributed by atoms with E-state index < -0.39 is 53.3 Å². The Balaban J connectivity index is 0.000000235. The number of benzene rings is 8. The number of anilines is 1. The van der Waals surface area contributed by atoms with Crippen LogP contribution in [0.5, 0.6) is 23.0 Å². The molecule has 73 heavy (non-hydrogen) atoms. The summed E-state index contributed by atoms with van der Waals surface area (Å²) in [5, 5.41) is 58.2. The summed E-state index contributed by atoms with van der Waals surface area (Å²) in [4.78, 5) is 16.2. The van der Waals surface area contributed by atoms with Crippen LogP contribution in [-0.2, 0) is 20.2 Å². The normalized spacial score (nSPS) is 11.9. The number of carbonyl (C=O) groups excluding carboxylic acids is 1. The number of nitrogens with zero attached hydrogens (tertiary/aromatic N) is 5. The van der Waals surface area contributed by atoms with Crippen LogP contribution in [-0.4, -0.2) is 106 Å². The first-order chi connectivity index (χ1) is 34.2. The Morgan fingerprint density at radius 2 is 1.05 bits per heavy atom. The molecule has 0 fully saturated rings. The number of methoxy groups -OCH3 is 2. The summed E-state index contributed by atoms with van der Waals surface area (Å²) < 4.78 is 76.5. The van der Waals surface area contributed by atoms with Gasteiger partial charge in [0.05, 0.1) is 52.6 Å². The Morgan fingerprint density at radius 1 is 0.603 bits per heavy atom. The maximum Gasteiger partial charge on any atom is 2.00 e. The molecule has 8 rings (SSSR count). The molecule has 0 bridgehead atoms. The van der Waals surface area contributed by atoms with Crippen molar-refractivity contribution >= 4 is 160 Å². The largest absolute Gasteiger partial charge is 2.00 e. The molecule has 0 heterocycles. The average Bonchev–Trinajstić information content (AvgIpc) is 3.33. The second-order valence-corrected chi connectivity index (χ2v) is 18.8. The first-order valence-electron chi connectivity index (χ1n) is 20.9. The number of aromatic hydroxyl groups is 1.